The largest absolute Gasteiger partial charge is 0.351 e. The Bertz CT molecular complexity index is 318. The number of aromatic nitrogens is 2. The van der Waals surface area contributed by atoms with Gasteiger partial charge in [0, 0.05) is 19.6 Å². The van der Waals surface area contributed by atoms with Crippen molar-refractivity contribution in [2.75, 3.05) is 18.0 Å². The van der Waals surface area contributed by atoms with E-state index in [0.29, 0.717) is 6.54 Å². The third kappa shape index (κ3) is 3.32. The lowest BCUT2D eigenvalue weighted by molar-refractivity contribution is 0.816. The van der Waals surface area contributed by atoms with Gasteiger partial charge in [0.05, 0.1) is 5.69 Å². The maximum atomic E-state index is 5.46. The molecule has 4 heteroatoms. The molecule has 15 heavy (non-hydrogen) atoms. The molecule has 1 aromatic heterocycles. The Kier molecular flexibility index (Phi) is 4.24. The third-order valence-electron chi connectivity index (χ3n) is 2.08. The summed E-state index contributed by atoms with van der Waals surface area (Å²) in [5, 5.41) is 8.16. The number of anilines is 1. The van der Waals surface area contributed by atoms with Crippen LogP contribution in [0, 0.1) is 0 Å². The standard InChI is InChI=1S/C11H18N4/c1-4-15(8-9(2)3)11-6-5-10(7-12)13-14-11/h5-6H,2,4,7-8,12H2,1,3H3. The number of rotatable bonds is 5. The first-order valence-electron chi connectivity index (χ1n) is 5.09. The van der Waals surface area contributed by atoms with Gasteiger partial charge in [-0.1, -0.05) is 12.2 Å². The lowest BCUT2D eigenvalue weighted by Crippen LogP contribution is -2.25. The highest BCUT2D eigenvalue weighted by atomic mass is 15.3. The second-order valence-corrected chi connectivity index (χ2v) is 3.56. The molecule has 4 nitrogen and oxygen atoms in total. The van der Waals surface area contributed by atoms with Gasteiger partial charge in [-0.3, -0.25) is 0 Å². The van der Waals surface area contributed by atoms with E-state index in [1.807, 2.05) is 19.1 Å². The topological polar surface area (TPSA) is 55.0 Å². The second kappa shape index (κ2) is 5.46. The molecular weight excluding hydrogens is 188 g/mol. The number of nitrogens with zero attached hydrogens (tertiary/aromatic N) is 3. The molecule has 0 bridgehead atoms. The maximum Gasteiger partial charge on any atom is 0.151 e. The quantitative estimate of drug-likeness (QED) is 0.739. The van der Waals surface area contributed by atoms with Gasteiger partial charge in [0.1, 0.15) is 0 Å². The molecule has 0 saturated heterocycles. The minimum Gasteiger partial charge on any atom is -0.351 e. The van der Waals surface area contributed by atoms with Crippen molar-refractivity contribution in [3.05, 3.63) is 30.0 Å². The molecule has 1 aromatic rings. The maximum absolute atomic E-state index is 5.46. The summed E-state index contributed by atoms with van der Waals surface area (Å²) in [6.45, 7) is 10.1. The average molecular weight is 206 g/mol. The second-order valence-electron chi connectivity index (χ2n) is 3.56. The Morgan fingerprint density at radius 3 is 2.60 bits per heavy atom. The zero-order valence-corrected chi connectivity index (χ0v) is 9.40. The minimum atomic E-state index is 0.430. The van der Waals surface area contributed by atoms with E-state index in [1.54, 1.807) is 0 Å². The van der Waals surface area contributed by atoms with Gasteiger partial charge < -0.3 is 10.6 Å². The molecule has 0 aliphatic carbocycles. The van der Waals surface area contributed by atoms with E-state index >= 15 is 0 Å². The summed E-state index contributed by atoms with van der Waals surface area (Å²) in [6.07, 6.45) is 0. The zero-order valence-electron chi connectivity index (χ0n) is 9.40. The van der Waals surface area contributed by atoms with Crippen LogP contribution < -0.4 is 10.6 Å². The molecule has 82 valence electrons. The van der Waals surface area contributed by atoms with Crippen molar-refractivity contribution < 1.29 is 0 Å². The van der Waals surface area contributed by atoms with Gasteiger partial charge in [-0.05, 0) is 26.0 Å². The first-order valence-corrected chi connectivity index (χ1v) is 5.09. The van der Waals surface area contributed by atoms with Crippen LogP contribution in [0.5, 0.6) is 0 Å². The third-order valence-corrected chi connectivity index (χ3v) is 2.08. The summed E-state index contributed by atoms with van der Waals surface area (Å²) in [7, 11) is 0. The SMILES string of the molecule is C=C(C)CN(CC)c1ccc(CN)nn1. The van der Waals surface area contributed by atoms with Crippen LogP contribution in [-0.4, -0.2) is 23.3 Å². The molecule has 0 atom stereocenters. The molecule has 1 rings (SSSR count). The molecular formula is C11H18N4. The van der Waals surface area contributed by atoms with Crippen LogP contribution in [0.4, 0.5) is 5.82 Å². The lowest BCUT2D eigenvalue weighted by Gasteiger charge is -2.21. The van der Waals surface area contributed by atoms with Gasteiger partial charge in [-0.2, -0.15) is 5.10 Å². The van der Waals surface area contributed by atoms with Crippen LogP contribution >= 0.6 is 0 Å². The van der Waals surface area contributed by atoms with Crippen LogP contribution in [0.15, 0.2) is 24.3 Å². The molecule has 0 saturated carbocycles. The Morgan fingerprint density at radius 2 is 2.20 bits per heavy atom. The number of likely N-dealkylation sites (N-methyl/N-ethyl adjacent to an activating group) is 1. The van der Waals surface area contributed by atoms with Gasteiger partial charge in [0.2, 0.25) is 0 Å². The summed E-state index contributed by atoms with van der Waals surface area (Å²) in [5.74, 6) is 0.873. The fraction of sp³-hybridized carbons (Fsp3) is 0.455. The van der Waals surface area contributed by atoms with E-state index in [0.717, 1.165) is 30.2 Å². The number of hydrogen-bond acceptors (Lipinski definition) is 4. The predicted molar refractivity (Wildman–Crippen MR) is 62.6 cm³/mol. The fourth-order valence-electron chi connectivity index (χ4n) is 1.31. The molecule has 0 spiro atoms. The van der Waals surface area contributed by atoms with Crippen molar-refractivity contribution in [2.45, 2.75) is 20.4 Å². The van der Waals surface area contributed by atoms with Crippen LogP contribution in [-0.2, 0) is 6.54 Å². The van der Waals surface area contributed by atoms with Crippen molar-refractivity contribution in [3.8, 4) is 0 Å². The highest BCUT2D eigenvalue weighted by Gasteiger charge is 2.05. The highest BCUT2D eigenvalue weighted by Crippen LogP contribution is 2.10. The Balaban J connectivity index is 2.78. The molecule has 0 unspecified atom stereocenters. The van der Waals surface area contributed by atoms with Crippen molar-refractivity contribution in [1.29, 1.82) is 0 Å². The molecule has 0 fully saturated rings. The van der Waals surface area contributed by atoms with Crippen LogP contribution in [0.2, 0.25) is 0 Å². The predicted octanol–water partition coefficient (Wildman–Crippen LogP) is 1.34. The molecule has 0 amide bonds. The molecule has 2 N–H and O–H groups in total. The molecule has 1 heterocycles. The monoisotopic (exact) mass is 206 g/mol. The van der Waals surface area contributed by atoms with Crippen molar-refractivity contribution in [2.24, 2.45) is 5.73 Å². The van der Waals surface area contributed by atoms with Gasteiger partial charge in [-0.25, -0.2) is 0 Å². The summed E-state index contributed by atoms with van der Waals surface area (Å²) in [5.41, 5.74) is 7.38. The van der Waals surface area contributed by atoms with E-state index in [1.165, 1.54) is 0 Å². The first kappa shape index (κ1) is 11.7. The van der Waals surface area contributed by atoms with Crippen molar-refractivity contribution in [3.63, 3.8) is 0 Å². The highest BCUT2D eigenvalue weighted by molar-refractivity contribution is 5.38. The first-order chi connectivity index (χ1) is 7.17. The van der Waals surface area contributed by atoms with Crippen LogP contribution in [0.1, 0.15) is 19.5 Å². The summed E-state index contributed by atoms with van der Waals surface area (Å²) < 4.78 is 0. The van der Waals surface area contributed by atoms with E-state index in [9.17, 15) is 0 Å². The normalized spacial score (nSPS) is 10.1. The average Bonchev–Trinajstić information content (AvgIpc) is 2.26. The molecule has 0 aromatic carbocycles. The van der Waals surface area contributed by atoms with Crippen LogP contribution in [0.3, 0.4) is 0 Å². The Hall–Kier alpha value is -1.42. The minimum absolute atomic E-state index is 0.430. The Morgan fingerprint density at radius 1 is 1.47 bits per heavy atom. The van der Waals surface area contributed by atoms with Gasteiger partial charge in [-0.15, -0.1) is 5.10 Å². The summed E-state index contributed by atoms with van der Waals surface area (Å²) in [4.78, 5) is 2.12. The molecule has 0 radical (unpaired) electrons. The van der Waals surface area contributed by atoms with Gasteiger partial charge in [0.15, 0.2) is 5.82 Å². The van der Waals surface area contributed by atoms with Crippen molar-refractivity contribution >= 4 is 5.82 Å². The van der Waals surface area contributed by atoms with E-state index in [-0.39, 0.29) is 0 Å². The van der Waals surface area contributed by atoms with Gasteiger partial charge >= 0.3 is 0 Å². The van der Waals surface area contributed by atoms with E-state index < -0.39 is 0 Å². The smallest absolute Gasteiger partial charge is 0.151 e. The van der Waals surface area contributed by atoms with Gasteiger partial charge in [0.25, 0.3) is 0 Å². The number of hydrogen-bond donors (Lipinski definition) is 1. The van der Waals surface area contributed by atoms with Crippen molar-refractivity contribution in [1.82, 2.24) is 10.2 Å². The number of nitrogens with two attached hydrogens (primary N) is 1. The molecule has 0 aliphatic heterocycles. The summed E-state index contributed by atoms with van der Waals surface area (Å²) >= 11 is 0. The lowest BCUT2D eigenvalue weighted by atomic mass is 10.3. The zero-order chi connectivity index (χ0) is 11.3. The van der Waals surface area contributed by atoms with E-state index in [2.05, 4.69) is 28.6 Å². The van der Waals surface area contributed by atoms with E-state index in [4.69, 9.17) is 5.73 Å². The van der Waals surface area contributed by atoms with Crippen LogP contribution in [0.25, 0.3) is 0 Å². The fourth-order valence-corrected chi connectivity index (χ4v) is 1.31. The Labute approximate surface area is 90.8 Å². The summed E-state index contributed by atoms with van der Waals surface area (Å²) in [6, 6.07) is 3.85. The molecule has 0 aliphatic rings.